The van der Waals surface area contributed by atoms with Gasteiger partial charge < -0.3 is 5.32 Å². The van der Waals surface area contributed by atoms with Gasteiger partial charge in [-0.25, -0.2) is 17.9 Å². The molecule has 0 aromatic heterocycles. The summed E-state index contributed by atoms with van der Waals surface area (Å²) in [5.41, 5.74) is 5.60. The van der Waals surface area contributed by atoms with Gasteiger partial charge >= 0.3 is 6.03 Å². The SMILES string of the molecule is CCN(C)C1(CS(=O)(=O)NC(=O)Nc2c3c(cc4c2CCC4)CCC3)CC1. The summed E-state index contributed by atoms with van der Waals surface area (Å²) in [5, 5.41) is 2.91. The molecular formula is C20H29N3O3S. The molecule has 27 heavy (non-hydrogen) atoms. The van der Waals surface area contributed by atoms with Gasteiger partial charge in [-0.3, -0.25) is 4.90 Å². The second-order valence-electron chi connectivity index (χ2n) is 8.29. The van der Waals surface area contributed by atoms with Crippen LogP contribution in [0.15, 0.2) is 6.07 Å². The maximum Gasteiger partial charge on any atom is 0.332 e. The van der Waals surface area contributed by atoms with Gasteiger partial charge in [-0.05, 0) is 87.2 Å². The van der Waals surface area contributed by atoms with E-state index in [0.717, 1.165) is 63.6 Å². The molecular weight excluding hydrogens is 362 g/mol. The molecule has 1 aromatic carbocycles. The minimum Gasteiger partial charge on any atom is -0.307 e. The number of carbonyl (C=O) groups excluding carboxylic acids is 1. The molecule has 6 nitrogen and oxygen atoms in total. The highest BCUT2D eigenvalue weighted by Gasteiger charge is 2.49. The lowest BCUT2D eigenvalue weighted by molar-refractivity contribution is 0.250. The molecule has 4 rings (SSSR count). The predicted octanol–water partition coefficient (Wildman–Crippen LogP) is 2.60. The Morgan fingerprint density at radius 2 is 1.70 bits per heavy atom. The van der Waals surface area contributed by atoms with Crippen LogP contribution in [0.2, 0.25) is 0 Å². The van der Waals surface area contributed by atoms with Gasteiger partial charge in [-0.2, -0.15) is 0 Å². The number of hydrogen-bond acceptors (Lipinski definition) is 4. The van der Waals surface area contributed by atoms with Crippen LogP contribution in [0.25, 0.3) is 0 Å². The molecule has 148 valence electrons. The summed E-state index contributed by atoms with van der Waals surface area (Å²) in [7, 11) is -1.74. The van der Waals surface area contributed by atoms with Crippen molar-refractivity contribution in [3.05, 3.63) is 28.3 Å². The Kier molecular flexibility index (Phi) is 4.71. The molecule has 3 aliphatic carbocycles. The number of rotatable bonds is 6. The van der Waals surface area contributed by atoms with E-state index in [2.05, 4.69) is 21.0 Å². The Balaban J connectivity index is 1.49. The topological polar surface area (TPSA) is 78.5 Å². The molecule has 3 aliphatic rings. The van der Waals surface area contributed by atoms with Crippen LogP contribution in [0.5, 0.6) is 0 Å². The lowest BCUT2D eigenvalue weighted by atomic mass is 9.99. The summed E-state index contributed by atoms with van der Waals surface area (Å²) in [4.78, 5) is 14.6. The first-order chi connectivity index (χ1) is 12.8. The first-order valence-electron chi connectivity index (χ1n) is 10.0. The third-order valence-corrected chi connectivity index (χ3v) is 7.94. The van der Waals surface area contributed by atoms with E-state index in [-0.39, 0.29) is 11.3 Å². The minimum absolute atomic E-state index is 0.0250. The summed E-state index contributed by atoms with van der Waals surface area (Å²) >= 11 is 0. The first-order valence-corrected chi connectivity index (χ1v) is 11.7. The second kappa shape index (κ2) is 6.78. The van der Waals surface area contributed by atoms with E-state index < -0.39 is 16.1 Å². The van der Waals surface area contributed by atoms with Crippen LogP contribution >= 0.6 is 0 Å². The largest absolute Gasteiger partial charge is 0.332 e. The van der Waals surface area contributed by atoms with E-state index >= 15 is 0 Å². The summed E-state index contributed by atoms with van der Waals surface area (Å²) in [6, 6.07) is 1.67. The molecule has 0 saturated heterocycles. The molecule has 0 aliphatic heterocycles. The molecule has 1 fully saturated rings. The maximum atomic E-state index is 12.6. The average molecular weight is 392 g/mol. The van der Waals surface area contributed by atoms with Crippen molar-refractivity contribution in [1.82, 2.24) is 9.62 Å². The Bertz CT molecular complexity index is 843. The van der Waals surface area contributed by atoms with Gasteiger partial charge in [-0.1, -0.05) is 13.0 Å². The van der Waals surface area contributed by atoms with Crippen molar-refractivity contribution < 1.29 is 13.2 Å². The summed E-state index contributed by atoms with van der Waals surface area (Å²) in [6.45, 7) is 2.81. The van der Waals surface area contributed by atoms with E-state index in [1.165, 1.54) is 22.3 Å². The standard InChI is InChI=1S/C20H29N3O3S/c1-3-23(2)20(10-11-20)13-27(25,26)22-19(24)21-18-16-8-4-6-14(16)12-15-7-5-9-17(15)18/h12H,3-11,13H2,1-2H3,(H2,21,22,24). The van der Waals surface area contributed by atoms with Crippen LogP contribution in [0, 0.1) is 0 Å². The molecule has 0 heterocycles. The van der Waals surface area contributed by atoms with Crippen molar-refractivity contribution in [2.45, 2.75) is 63.8 Å². The number of nitrogens with zero attached hydrogens (tertiary/aromatic N) is 1. The fourth-order valence-electron chi connectivity index (χ4n) is 4.75. The van der Waals surface area contributed by atoms with Crippen LogP contribution in [-0.2, 0) is 35.7 Å². The van der Waals surface area contributed by atoms with Gasteiger partial charge in [0.15, 0.2) is 0 Å². The Hall–Kier alpha value is -1.60. The van der Waals surface area contributed by atoms with Crippen LogP contribution in [0.4, 0.5) is 10.5 Å². The third kappa shape index (κ3) is 3.59. The fraction of sp³-hybridized carbons (Fsp3) is 0.650. The summed E-state index contributed by atoms with van der Waals surface area (Å²) < 4.78 is 27.4. The molecule has 0 radical (unpaired) electrons. The number of anilines is 1. The molecule has 2 amide bonds. The zero-order valence-corrected chi connectivity index (χ0v) is 17.0. The van der Waals surface area contributed by atoms with Gasteiger partial charge in [0.2, 0.25) is 10.0 Å². The molecule has 1 saturated carbocycles. The van der Waals surface area contributed by atoms with Crippen molar-refractivity contribution in [2.24, 2.45) is 0 Å². The monoisotopic (exact) mass is 391 g/mol. The molecule has 1 aromatic rings. The number of sulfonamides is 1. The number of amides is 2. The van der Waals surface area contributed by atoms with Crippen molar-refractivity contribution in [3.63, 3.8) is 0 Å². The lowest BCUT2D eigenvalue weighted by Gasteiger charge is -2.26. The number of carbonyl (C=O) groups is 1. The smallest absolute Gasteiger partial charge is 0.307 e. The quantitative estimate of drug-likeness (QED) is 0.781. The van der Waals surface area contributed by atoms with Crippen molar-refractivity contribution in [2.75, 3.05) is 24.7 Å². The van der Waals surface area contributed by atoms with Crippen molar-refractivity contribution in [1.29, 1.82) is 0 Å². The number of fused-ring (bicyclic) bond motifs is 2. The van der Waals surface area contributed by atoms with Crippen LogP contribution < -0.4 is 10.0 Å². The number of urea groups is 1. The summed E-state index contributed by atoms with van der Waals surface area (Å²) in [6.07, 6.45) is 7.91. The van der Waals surface area contributed by atoms with Gasteiger partial charge in [-0.15, -0.1) is 0 Å². The number of benzene rings is 1. The fourth-order valence-corrected chi connectivity index (χ4v) is 6.38. The first kappa shape index (κ1) is 18.7. The van der Waals surface area contributed by atoms with Gasteiger partial charge in [0.25, 0.3) is 0 Å². The van der Waals surface area contributed by atoms with E-state index in [9.17, 15) is 13.2 Å². The van der Waals surface area contributed by atoms with E-state index in [1.54, 1.807) is 0 Å². The molecule has 0 spiro atoms. The number of aryl methyl sites for hydroxylation is 2. The average Bonchev–Trinajstić information content (AvgIpc) is 3.03. The normalized spacial score (nSPS) is 19.7. The molecule has 7 heteroatoms. The second-order valence-corrected chi connectivity index (χ2v) is 10.0. The Morgan fingerprint density at radius 3 is 2.22 bits per heavy atom. The highest BCUT2D eigenvalue weighted by Crippen LogP contribution is 2.42. The van der Waals surface area contributed by atoms with Crippen molar-refractivity contribution >= 4 is 21.7 Å². The Morgan fingerprint density at radius 1 is 1.11 bits per heavy atom. The molecule has 0 unspecified atom stereocenters. The van der Waals surface area contributed by atoms with Gasteiger partial charge in [0.05, 0.1) is 5.75 Å². The molecule has 0 bridgehead atoms. The van der Waals surface area contributed by atoms with Crippen molar-refractivity contribution in [3.8, 4) is 0 Å². The number of hydrogen-bond donors (Lipinski definition) is 2. The number of nitrogens with one attached hydrogen (secondary N) is 2. The zero-order valence-electron chi connectivity index (χ0n) is 16.2. The van der Waals surface area contributed by atoms with E-state index in [1.807, 2.05) is 14.0 Å². The maximum absolute atomic E-state index is 12.6. The van der Waals surface area contributed by atoms with Crippen LogP contribution in [0.3, 0.4) is 0 Å². The highest BCUT2D eigenvalue weighted by atomic mass is 32.2. The summed E-state index contributed by atoms with van der Waals surface area (Å²) in [5.74, 6) is -0.0250. The Labute approximate surface area is 161 Å². The van der Waals surface area contributed by atoms with Crippen LogP contribution in [-0.4, -0.2) is 44.2 Å². The molecule has 0 atom stereocenters. The minimum atomic E-state index is -3.68. The van der Waals surface area contributed by atoms with E-state index in [4.69, 9.17) is 0 Å². The van der Waals surface area contributed by atoms with Gasteiger partial charge in [0, 0.05) is 11.2 Å². The zero-order chi connectivity index (χ0) is 19.2. The third-order valence-electron chi connectivity index (χ3n) is 6.53. The highest BCUT2D eigenvalue weighted by molar-refractivity contribution is 7.90. The van der Waals surface area contributed by atoms with Crippen LogP contribution in [0.1, 0.15) is 54.9 Å². The van der Waals surface area contributed by atoms with Gasteiger partial charge in [0.1, 0.15) is 0 Å². The lowest BCUT2D eigenvalue weighted by Crippen LogP contribution is -2.45. The predicted molar refractivity (Wildman–Crippen MR) is 107 cm³/mol. The molecule has 2 N–H and O–H groups in total. The van der Waals surface area contributed by atoms with E-state index in [0.29, 0.717) is 0 Å².